The van der Waals surface area contributed by atoms with Gasteiger partial charge in [0.05, 0.1) is 24.4 Å². The van der Waals surface area contributed by atoms with Gasteiger partial charge in [-0.25, -0.2) is 0 Å². The molecule has 1 fully saturated rings. The molecule has 0 amide bonds. The zero-order valence-corrected chi connectivity index (χ0v) is 11.8. The van der Waals surface area contributed by atoms with Crippen LogP contribution in [0.5, 0.6) is 5.75 Å². The van der Waals surface area contributed by atoms with Gasteiger partial charge in [0.1, 0.15) is 5.75 Å². The second kappa shape index (κ2) is 6.47. The number of hydrogen-bond acceptors (Lipinski definition) is 3. The topological polar surface area (TPSA) is 45.0 Å². The number of nitrogens with zero attached hydrogens (tertiary/aromatic N) is 1. The average molecular weight is 258 g/mol. The minimum atomic E-state index is 0.528. The molecule has 1 N–H and O–H groups in total. The van der Waals surface area contributed by atoms with Crippen LogP contribution in [0.15, 0.2) is 18.2 Å². The lowest BCUT2D eigenvalue weighted by atomic mass is 9.83. The first-order chi connectivity index (χ1) is 9.28. The van der Waals surface area contributed by atoms with Crippen LogP contribution in [0.25, 0.3) is 0 Å². The highest BCUT2D eigenvalue weighted by Crippen LogP contribution is 2.33. The molecule has 3 nitrogen and oxygen atoms in total. The number of rotatable bonds is 4. The summed E-state index contributed by atoms with van der Waals surface area (Å²) in [7, 11) is 1.65. The maximum Gasteiger partial charge on any atom is 0.143 e. The lowest BCUT2D eigenvalue weighted by Crippen LogP contribution is -2.31. The lowest BCUT2D eigenvalue weighted by Gasteiger charge is -2.32. The van der Waals surface area contributed by atoms with E-state index in [1.807, 2.05) is 12.1 Å². The van der Waals surface area contributed by atoms with Crippen molar-refractivity contribution in [2.24, 2.45) is 5.92 Å². The Balaban J connectivity index is 2.15. The third-order valence-corrected chi connectivity index (χ3v) is 4.10. The molecule has 0 bridgehead atoms. The van der Waals surface area contributed by atoms with E-state index in [9.17, 15) is 0 Å². The molecule has 2 atom stereocenters. The van der Waals surface area contributed by atoms with Gasteiger partial charge in [0, 0.05) is 12.1 Å². The summed E-state index contributed by atoms with van der Waals surface area (Å²) in [5.41, 5.74) is 1.64. The summed E-state index contributed by atoms with van der Waals surface area (Å²) in [6.45, 7) is 2.26. The summed E-state index contributed by atoms with van der Waals surface area (Å²) in [4.78, 5) is 0. The standard InChI is InChI=1S/C16H22N2O/c1-3-13-6-4-5-7-14(13)18-15-9-8-12(11-17)10-16(15)19-2/h8-10,13-14,18H,3-7H2,1-2H3. The minimum absolute atomic E-state index is 0.528. The second-order valence-electron chi connectivity index (χ2n) is 5.23. The highest BCUT2D eigenvalue weighted by atomic mass is 16.5. The third kappa shape index (κ3) is 3.20. The predicted octanol–water partition coefficient (Wildman–Crippen LogP) is 3.95. The van der Waals surface area contributed by atoms with E-state index in [4.69, 9.17) is 10.00 Å². The molecule has 0 heterocycles. The van der Waals surface area contributed by atoms with Crippen molar-refractivity contribution >= 4 is 5.69 Å². The van der Waals surface area contributed by atoms with Crippen molar-refractivity contribution in [2.45, 2.75) is 45.1 Å². The Morgan fingerprint density at radius 1 is 1.37 bits per heavy atom. The molecule has 2 unspecified atom stereocenters. The highest BCUT2D eigenvalue weighted by molar-refractivity contribution is 5.60. The number of anilines is 1. The Morgan fingerprint density at radius 3 is 2.84 bits per heavy atom. The van der Waals surface area contributed by atoms with Gasteiger partial charge in [-0.3, -0.25) is 0 Å². The molecule has 1 aliphatic rings. The summed E-state index contributed by atoms with van der Waals surface area (Å²) in [5, 5.41) is 12.5. The molecule has 19 heavy (non-hydrogen) atoms. The molecular weight excluding hydrogens is 236 g/mol. The maximum absolute atomic E-state index is 8.92. The Labute approximate surface area is 115 Å². The Morgan fingerprint density at radius 2 is 2.16 bits per heavy atom. The SMILES string of the molecule is CCC1CCCCC1Nc1ccc(C#N)cc1OC. The van der Waals surface area contributed by atoms with Crippen LogP contribution in [-0.4, -0.2) is 13.2 Å². The van der Waals surface area contributed by atoms with Crippen LogP contribution in [0.3, 0.4) is 0 Å². The van der Waals surface area contributed by atoms with Crippen molar-refractivity contribution in [1.82, 2.24) is 0 Å². The number of hydrogen-bond donors (Lipinski definition) is 1. The first kappa shape index (κ1) is 13.7. The van der Waals surface area contributed by atoms with Crippen LogP contribution >= 0.6 is 0 Å². The monoisotopic (exact) mass is 258 g/mol. The van der Waals surface area contributed by atoms with Gasteiger partial charge in [0.2, 0.25) is 0 Å². The summed E-state index contributed by atoms with van der Waals surface area (Å²) < 4.78 is 5.38. The molecule has 3 heteroatoms. The molecule has 0 radical (unpaired) electrons. The van der Waals surface area contributed by atoms with Crippen molar-refractivity contribution in [3.8, 4) is 11.8 Å². The highest BCUT2D eigenvalue weighted by Gasteiger charge is 2.24. The number of nitrogens with one attached hydrogen (secondary N) is 1. The van der Waals surface area contributed by atoms with Crippen LogP contribution in [0, 0.1) is 17.2 Å². The molecule has 1 aromatic rings. The first-order valence-electron chi connectivity index (χ1n) is 7.13. The Kier molecular flexibility index (Phi) is 4.68. The molecule has 1 aromatic carbocycles. The largest absolute Gasteiger partial charge is 0.495 e. The van der Waals surface area contributed by atoms with Crippen LogP contribution in [0.1, 0.15) is 44.6 Å². The van der Waals surface area contributed by atoms with E-state index < -0.39 is 0 Å². The van der Waals surface area contributed by atoms with Crippen LogP contribution in [0.2, 0.25) is 0 Å². The molecule has 0 aromatic heterocycles. The summed E-state index contributed by atoms with van der Waals surface area (Å²) >= 11 is 0. The minimum Gasteiger partial charge on any atom is -0.495 e. The quantitative estimate of drug-likeness (QED) is 0.889. The Hall–Kier alpha value is -1.69. The third-order valence-electron chi connectivity index (χ3n) is 4.10. The van der Waals surface area contributed by atoms with E-state index in [1.165, 1.54) is 32.1 Å². The van der Waals surface area contributed by atoms with Gasteiger partial charge in [0.15, 0.2) is 0 Å². The fourth-order valence-corrected chi connectivity index (χ4v) is 2.97. The normalized spacial score (nSPS) is 22.6. The molecular formula is C16H22N2O. The molecule has 0 spiro atoms. The first-order valence-corrected chi connectivity index (χ1v) is 7.13. The van der Waals surface area contributed by atoms with Gasteiger partial charge in [-0.1, -0.05) is 26.2 Å². The second-order valence-corrected chi connectivity index (χ2v) is 5.23. The molecule has 102 valence electrons. The van der Waals surface area contributed by atoms with Crippen molar-refractivity contribution in [1.29, 1.82) is 5.26 Å². The number of nitriles is 1. The molecule has 0 saturated heterocycles. The summed E-state index contributed by atoms with van der Waals surface area (Å²) in [5.74, 6) is 1.51. The van der Waals surface area contributed by atoms with Crippen molar-refractivity contribution in [2.75, 3.05) is 12.4 Å². The number of methoxy groups -OCH3 is 1. The average Bonchev–Trinajstić information content (AvgIpc) is 2.48. The van der Waals surface area contributed by atoms with E-state index in [0.29, 0.717) is 11.6 Å². The van der Waals surface area contributed by atoms with Gasteiger partial charge in [-0.15, -0.1) is 0 Å². The fourth-order valence-electron chi connectivity index (χ4n) is 2.97. The molecule has 1 saturated carbocycles. The van der Waals surface area contributed by atoms with E-state index in [1.54, 1.807) is 13.2 Å². The number of ether oxygens (including phenoxy) is 1. The van der Waals surface area contributed by atoms with E-state index in [0.717, 1.165) is 17.4 Å². The molecule has 0 aliphatic heterocycles. The van der Waals surface area contributed by atoms with Crippen LogP contribution < -0.4 is 10.1 Å². The van der Waals surface area contributed by atoms with Gasteiger partial charge < -0.3 is 10.1 Å². The van der Waals surface area contributed by atoms with E-state index >= 15 is 0 Å². The van der Waals surface area contributed by atoms with Gasteiger partial charge in [0.25, 0.3) is 0 Å². The van der Waals surface area contributed by atoms with Crippen LogP contribution in [0.4, 0.5) is 5.69 Å². The zero-order valence-electron chi connectivity index (χ0n) is 11.8. The van der Waals surface area contributed by atoms with Crippen molar-refractivity contribution < 1.29 is 4.74 Å². The Bertz CT molecular complexity index is 464. The summed E-state index contributed by atoms with van der Waals surface area (Å²) in [6, 6.07) is 8.27. The molecule has 2 rings (SSSR count). The fraction of sp³-hybridized carbons (Fsp3) is 0.562. The lowest BCUT2D eigenvalue weighted by molar-refractivity contribution is 0.316. The van der Waals surface area contributed by atoms with Crippen molar-refractivity contribution in [3.63, 3.8) is 0 Å². The zero-order chi connectivity index (χ0) is 13.7. The van der Waals surface area contributed by atoms with Gasteiger partial charge >= 0.3 is 0 Å². The van der Waals surface area contributed by atoms with Crippen LogP contribution in [-0.2, 0) is 0 Å². The van der Waals surface area contributed by atoms with E-state index in [-0.39, 0.29) is 0 Å². The maximum atomic E-state index is 8.92. The van der Waals surface area contributed by atoms with E-state index in [2.05, 4.69) is 18.3 Å². The summed E-state index contributed by atoms with van der Waals surface area (Å²) in [6.07, 6.45) is 6.40. The van der Waals surface area contributed by atoms with Crippen molar-refractivity contribution in [3.05, 3.63) is 23.8 Å². The smallest absolute Gasteiger partial charge is 0.143 e. The van der Waals surface area contributed by atoms with Gasteiger partial charge in [-0.05, 0) is 30.9 Å². The van der Waals surface area contributed by atoms with Gasteiger partial charge in [-0.2, -0.15) is 5.26 Å². The number of benzene rings is 1. The predicted molar refractivity (Wildman–Crippen MR) is 77.4 cm³/mol. The molecule has 1 aliphatic carbocycles.